The predicted molar refractivity (Wildman–Crippen MR) is 115 cm³/mol. The zero-order chi connectivity index (χ0) is 23.5. The molecule has 0 radical (unpaired) electrons. The lowest BCUT2D eigenvalue weighted by Crippen LogP contribution is -2.47. The summed E-state index contributed by atoms with van der Waals surface area (Å²) >= 11 is 0.876. The van der Waals surface area contributed by atoms with Crippen molar-refractivity contribution in [2.24, 2.45) is 11.5 Å². The molecule has 32 heavy (non-hydrogen) atoms. The van der Waals surface area contributed by atoms with E-state index < -0.39 is 24.1 Å². The molecule has 1 amide bonds. The van der Waals surface area contributed by atoms with Crippen molar-refractivity contribution in [1.29, 1.82) is 5.41 Å². The molecule has 2 aromatic rings. The number of benzene rings is 1. The number of nitrogen functional groups attached to an aromatic ring is 1. The van der Waals surface area contributed by atoms with Crippen LogP contribution in [-0.2, 0) is 19.1 Å². The van der Waals surface area contributed by atoms with Gasteiger partial charge in [0, 0.05) is 17.7 Å². The molecule has 172 valence electrons. The van der Waals surface area contributed by atoms with Crippen LogP contribution in [0.4, 0.5) is 4.79 Å². The number of nitrogens with zero attached hydrogens (tertiary/aromatic N) is 2. The molecule has 13 heteroatoms. The average Bonchev–Trinajstić information content (AvgIpc) is 3.25. The molecule has 1 aromatic carbocycles. The lowest BCUT2D eigenvalue weighted by atomic mass is 10.1. The third kappa shape index (κ3) is 7.67. The molecule has 0 aliphatic carbocycles. The van der Waals surface area contributed by atoms with E-state index in [0.717, 1.165) is 18.2 Å². The van der Waals surface area contributed by atoms with Crippen LogP contribution in [0.3, 0.4) is 0 Å². The molecule has 1 unspecified atom stereocenters. The first-order valence-electron chi connectivity index (χ1n) is 9.63. The summed E-state index contributed by atoms with van der Waals surface area (Å²) in [6, 6.07) is 5.39. The Morgan fingerprint density at radius 2 is 1.97 bits per heavy atom. The summed E-state index contributed by atoms with van der Waals surface area (Å²) in [6.45, 7) is 1.88. The highest BCUT2D eigenvalue weighted by Gasteiger charge is 2.24. The zero-order valence-electron chi connectivity index (χ0n) is 17.3. The van der Waals surface area contributed by atoms with E-state index in [9.17, 15) is 14.4 Å². The zero-order valence-corrected chi connectivity index (χ0v) is 18.1. The number of aromatic nitrogens is 2. The smallest absolute Gasteiger partial charge is 0.407 e. The van der Waals surface area contributed by atoms with Crippen molar-refractivity contribution < 1.29 is 28.3 Å². The maximum Gasteiger partial charge on any atom is 0.407 e. The topological polar surface area (TPSA) is 197 Å². The molecular formula is C19H24N6O6S. The molecule has 1 atom stereocenters. The van der Waals surface area contributed by atoms with Crippen molar-refractivity contribution in [3.63, 3.8) is 0 Å². The molecule has 0 aliphatic heterocycles. The second-order valence-corrected chi connectivity index (χ2v) is 7.29. The molecule has 6 N–H and O–H groups in total. The molecule has 1 heterocycles. The number of amidine groups is 1. The van der Waals surface area contributed by atoms with Crippen LogP contribution in [0.2, 0.25) is 0 Å². The van der Waals surface area contributed by atoms with E-state index >= 15 is 0 Å². The molecule has 12 nitrogen and oxygen atoms in total. The van der Waals surface area contributed by atoms with E-state index in [1.165, 1.54) is 0 Å². The van der Waals surface area contributed by atoms with E-state index in [1.54, 1.807) is 24.3 Å². The summed E-state index contributed by atoms with van der Waals surface area (Å²) in [7, 11) is 0. The van der Waals surface area contributed by atoms with Crippen LogP contribution in [-0.4, -0.2) is 59.0 Å². The van der Waals surface area contributed by atoms with Gasteiger partial charge in [-0.1, -0.05) is 37.2 Å². The molecule has 0 bridgehead atoms. The predicted octanol–water partition coefficient (Wildman–Crippen LogP) is 1.04. The van der Waals surface area contributed by atoms with E-state index in [0.29, 0.717) is 17.5 Å². The number of rotatable bonds is 11. The van der Waals surface area contributed by atoms with Crippen LogP contribution in [0.15, 0.2) is 33.9 Å². The number of alkyl carbamates (subject to hydrolysis) is 1. The maximum absolute atomic E-state index is 12.0. The minimum atomic E-state index is -1.22. The molecule has 1 aromatic heterocycles. The van der Waals surface area contributed by atoms with Gasteiger partial charge in [0.2, 0.25) is 5.89 Å². The average molecular weight is 465 g/mol. The van der Waals surface area contributed by atoms with Crippen LogP contribution < -0.4 is 16.8 Å². The van der Waals surface area contributed by atoms with Crippen molar-refractivity contribution >= 4 is 35.6 Å². The highest BCUT2D eigenvalue weighted by molar-refractivity contribution is 7.99. The number of nitrogens with one attached hydrogen (secondary N) is 2. The van der Waals surface area contributed by atoms with Crippen molar-refractivity contribution in [2.45, 2.75) is 31.0 Å². The van der Waals surface area contributed by atoms with Gasteiger partial charge in [-0.25, -0.2) is 9.59 Å². The number of esters is 2. The first-order chi connectivity index (χ1) is 15.3. The highest BCUT2D eigenvalue weighted by Crippen LogP contribution is 2.23. The third-order valence-electron chi connectivity index (χ3n) is 3.92. The molecule has 0 fully saturated rings. The fourth-order valence-corrected chi connectivity index (χ4v) is 2.75. The quantitative estimate of drug-likeness (QED) is 0.0925. The lowest BCUT2D eigenvalue weighted by molar-refractivity contribution is -0.159. The molecule has 0 spiro atoms. The Morgan fingerprint density at radius 3 is 2.59 bits per heavy atom. The van der Waals surface area contributed by atoms with Gasteiger partial charge in [-0.3, -0.25) is 10.2 Å². The number of amides is 1. The van der Waals surface area contributed by atoms with Crippen molar-refractivity contribution in [2.75, 3.05) is 18.9 Å². The molecule has 2 rings (SSSR count). The number of thioether (sulfide) groups is 1. The van der Waals surface area contributed by atoms with E-state index in [-0.39, 0.29) is 35.9 Å². The van der Waals surface area contributed by atoms with Crippen molar-refractivity contribution in [3.05, 3.63) is 29.8 Å². The van der Waals surface area contributed by atoms with Gasteiger partial charge in [0.15, 0.2) is 0 Å². The summed E-state index contributed by atoms with van der Waals surface area (Å²) in [6.07, 6.45) is 0.708. The summed E-state index contributed by atoms with van der Waals surface area (Å²) in [5, 5.41) is 17.4. The standard InChI is InChI=1S/C19H24N6O6S/c1-2-3-8-29-18(28)23-13(9-20)17(27)30-14(26)10-32-19-25-24-16(31-19)12-6-4-11(5-7-12)15(21)22/h4-7,13H,2-3,8-10,20H2,1H3,(H3,21,22)(H,23,28). The first kappa shape index (κ1) is 24.8. The highest BCUT2D eigenvalue weighted by atomic mass is 32.2. The second-order valence-electron chi connectivity index (χ2n) is 6.37. The van der Waals surface area contributed by atoms with Gasteiger partial charge < -0.3 is 30.7 Å². The Morgan fingerprint density at radius 1 is 1.25 bits per heavy atom. The number of carbonyl (C=O) groups excluding carboxylic acids is 3. The number of nitrogens with two attached hydrogens (primary N) is 2. The largest absolute Gasteiger partial charge is 0.450 e. The van der Waals surface area contributed by atoms with Crippen LogP contribution >= 0.6 is 11.8 Å². The molecular weight excluding hydrogens is 440 g/mol. The monoisotopic (exact) mass is 464 g/mol. The third-order valence-corrected chi connectivity index (χ3v) is 4.71. The van der Waals surface area contributed by atoms with Gasteiger partial charge in [0.1, 0.15) is 17.6 Å². The van der Waals surface area contributed by atoms with Gasteiger partial charge in [-0.05, 0) is 18.6 Å². The summed E-state index contributed by atoms with van der Waals surface area (Å²) in [5.41, 5.74) is 12.0. The Kier molecular flexibility index (Phi) is 9.63. The van der Waals surface area contributed by atoms with Gasteiger partial charge in [0.25, 0.3) is 5.22 Å². The number of hydrogen-bond acceptors (Lipinski definition) is 11. The SMILES string of the molecule is CCCCOC(=O)NC(CN)C(=O)OC(=O)CSc1nnc(-c2ccc(C(=N)N)cc2)o1. The summed E-state index contributed by atoms with van der Waals surface area (Å²) in [5.74, 6) is -2.00. The van der Waals surface area contributed by atoms with Crippen LogP contribution in [0.1, 0.15) is 25.3 Å². The molecule has 0 aliphatic rings. The van der Waals surface area contributed by atoms with Crippen molar-refractivity contribution in [1.82, 2.24) is 15.5 Å². The van der Waals surface area contributed by atoms with Crippen molar-refractivity contribution in [3.8, 4) is 11.5 Å². The summed E-state index contributed by atoms with van der Waals surface area (Å²) in [4.78, 5) is 35.6. The lowest BCUT2D eigenvalue weighted by Gasteiger charge is -2.14. The number of carbonyl (C=O) groups is 3. The summed E-state index contributed by atoms with van der Waals surface area (Å²) < 4.78 is 15.1. The number of unbranched alkanes of at least 4 members (excludes halogenated alkanes) is 1. The van der Waals surface area contributed by atoms with Crippen LogP contribution in [0.5, 0.6) is 0 Å². The molecule has 0 saturated carbocycles. The van der Waals surface area contributed by atoms with E-state index in [1.807, 2.05) is 6.92 Å². The minimum Gasteiger partial charge on any atom is -0.450 e. The van der Waals surface area contributed by atoms with Gasteiger partial charge >= 0.3 is 18.0 Å². The maximum atomic E-state index is 12.0. The Hall–Kier alpha value is -3.45. The van der Waals surface area contributed by atoms with E-state index in [2.05, 4.69) is 15.5 Å². The Bertz CT molecular complexity index is 948. The van der Waals surface area contributed by atoms with Crippen LogP contribution in [0, 0.1) is 5.41 Å². The number of hydrogen-bond donors (Lipinski definition) is 4. The second kappa shape index (κ2) is 12.4. The number of ether oxygens (including phenoxy) is 2. The van der Waals surface area contributed by atoms with Crippen LogP contribution in [0.25, 0.3) is 11.5 Å². The van der Waals surface area contributed by atoms with E-state index in [4.69, 9.17) is 30.8 Å². The van der Waals surface area contributed by atoms with Gasteiger partial charge in [0.05, 0.1) is 6.61 Å². The van der Waals surface area contributed by atoms with Gasteiger partial charge in [-0.2, -0.15) is 0 Å². The Balaban J connectivity index is 1.82. The fraction of sp³-hybridized carbons (Fsp3) is 0.368. The normalized spacial score (nSPS) is 11.4. The first-order valence-corrected chi connectivity index (χ1v) is 10.6. The van der Waals surface area contributed by atoms with Gasteiger partial charge in [-0.15, -0.1) is 10.2 Å². The minimum absolute atomic E-state index is 0.0631. The Labute approximate surface area is 187 Å². The molecule has 0 saturated heterocycles. The fourth-order valence-electron chi connectivity index (χ4n) is 2.22.